The highest BCUT2D eigenvalue weighted by atomic mass is 14.6. The number of hydrogen-bond acceptors (Lipinski definition) is 3. The van der Waals surface area contributed by atoms with Crippen LogP contribution in [-0.4, -0.2) is 0 Å². The standard InChI is InChI=1S/C11H4N4/c1-15-10-4-8(6-13)11(2-3-12)9(5-10)7-14/h4-5H,2H2. The SMILES string of the molecule is [C-]#[N+]c1cc(C#N)c(CC#N)c(C#N)c1. The molecule has 0 aliphatic rings. The van der Waals surface area contributed by atoms with Gasteiger partial charge in [0.15, 0.2) is 5.69 Å². The van der Waals surface area contributed by atoms with Crippen LogP contribution in [0, 0.1) is 40.6 Å². The highest BCUT2D eigenvalue weighted by Crippen LogP contribution is 2.22. The first-order valence-corrected chi connectivity index (χ1v) is 3.98. The summed E-state index contributed by atoms with van der Waals surface area (Å²) in [5.74, 6) is 0. The van der Waals surface area contributed by atoms with Gasteiger partial charge in [0.2, 0.25) is 0 Å². The molecule has 1 aromatic rings. The summed E-state index contributed by atoms with van der Waals surface area (Å²) >= 11 is 0. The summed E-state index contributed by atoms with van der Waals surface area (Å²) in [4.78, 5) is 3.15. The van der Waals surface area contributed by atoms with Crippen LogP contribution in [0.5, 0.6) is 0 Å². The molecule has 0 aromatic heterocycles. The van der Waals surface area contributed by atoms with E-state index in [1.54, 1.807) is 0 Å². The second-order valence-corrected chi connectivity index (χ2v) is 2.69. The molecule has 0 spiro atoms. The molecule has 0 heterocycles. The molecule has 0 radical (unpaired) electrons. The van der Waals surface area contributed by atoms with Gasteiger partial charge in [-0.1, -0.05) is 0 Å². The van der Waals surface area contributed by atoms with E-state index in [9.17, 15) is 0 Å². The number of nitriles is 3. The largest absolute Gasteiger partial charge is 0.238 e. The van der Waals surface area contributed by atoms with Gasteiger partial charge in [0.25, 0.3) is 0 Å². The first-order chi connectivity index (χ1) is 7.26. The highest BCUT2D eigenvalue weighted by Gasteiger charge is 2.10. The molecule has 0 saturated carbocycles. The monoisotopic (exact) mass is 192 g/mol. The second kappa shape index (κ2) is 4.43. The Morgan fingerprint density at radius 2 is 1.67 bits per heavy atom. The highest BCUT2D eigenvalue weighted by molar-refractivity contribution is 5.60. The van der Waals surface area contributed by atoms with E-state index in [4.69, 9.17) is 22.4 Å². The van der Waals surface area contributed by atoms with Crippen molar-refractivity contribution in [1.82, 2.24) is 0 Å². The van der Waals surface area contributed by atoms with Crippen LogP contribution >= 0.6 is 0 Å². The fourth-order valence-corrected chi connectivity index (χ4v) is 1.19. The van der Waals surface area contributed by atoms with Crippen molar-refractivity contribution in [3.63, 3.8) is 0 Å². The Balaban J connectivity index is 3.53. The van der Waals surface area contributed by atoms with Crippen LogP contribution in [0.3, 0.4) is 0 Å². The maximum Gasteiger partial charge on any atom is 0.189 e. The molecule has 0 N–H and O–H groups in total. The van der Waals surface area contributed by atoms with Gasteiger partial charge >= 0.3 is 0 Å². The molecule has 15 heavy (non-hydrogen) atoms. The van der Waals surface area contributed by atoms with E-state index in [0.29, 0.717) is 5.56 Å². The van der Waals surface area contributed by atoms with Crippen LogP contribution in [0.1, 0.15) is 16.7 Å². The fraction of sp³-hybridized carbons (Fsp3) is 0.0909. The van der Waals surface area contributed by atoms with E-state index >= 15 is 0 Å². The molecule has 0 aliphatic heterocycles. The van der Waals surface area contributed by atoms with Gasteiger partial charge in [0, 0.05) is 11.1 Å². The van der Waals surface area contributed by atoms with Crippen molar-refractivity contribution in [3.05, 3.63) is 40.2 Å². The van der Waals surface area contributed by atoms with E-state index in [0.717, 1.165) is 0 Å². The van der Waals surface area contributed by atoms with Crippen molar-refractivity contribution in [2.24, 2.45) is 0 Å². The molecular formula is C11H4N4. The van der Waals surface area contributed by atoms with Crippen LogP contribution in [-0.2, 0) is 6.42 Å². The topological polar surface area (TPSA) is 75.7 Å². The summed E-state index contributed by atoms with van der Waals surface area (Å²) < 4.78 is 0. The molecule has 4 heteroatoms. The van der Waals surface area contributed by atoms with Gasteiger partial charge in [-0.2, -0.15) is 15.8 Å². The van der Waals surface area contributed by atoms with E-state index in [2.05, 4.69) is 4.85 Å². The molecule has 0 saturated heterocycles. The lowest BCUT2D eigenvalue weighted by Crippen LogP contribution is -1.93. The number of hydrogen-bond donors (Lipinski definition) is 0. The number of benzene rings is 1. The molecule has 0 atom stereocenters. The van der Waals surface area contributed by atoms with Gasteiger partial charge in [0.1, 0.15) is 0 Å². The number of rotatable bonds is 1. The third-order valence-electron chi connectivity index (χ3n) is 1.86. The zero-order valence-corrected chi connectivity index (χ0v) is 7.65. The molecule has 68 valence electrons. The van der Waals surface area contributed by atoms with Crippen molar-refractivity contribution in [1.29, 1.82) is 15.8 Å². The smallest absolute Gasteiger partial charge is 0.189 e. The molecule has 0 fully saturated rings. The molecule has 1 aromatic carbocycles. The average Bonchev–Trinajstić information content (AvgIpc) is 2.29. The maximum atomic E-state index is 8.81. The third-order valence-corrected chi connectivity index (χ3v) is 1.86. The number of nitrogens with zero attached hydrogens (tertiary/aromatic N) is 4. The lowest BCUT2D eigenvalue weighted by Gasteiger charge is -2.02. The molecule has 0 bridgehead atoms. The molecular weight excluding hydrogens is 188 g/mol. The zero-order valence-electron chi connectivity index (χ0n) is 7.65. The average molecular weight is 192 g/mol. The van der Waals surface area contributed by atoms with E-state index in [-0.39, 0.29) is 23.2 Å². The fourth-order valence-electron chi connectivity index (χ4n) is 1.19. The predicted octanol–water partition coefficient (Wildman–Crippen LogP) is 2.05. The van der Waals surface area contributed by atoms with Crippen molar-refractivity contribution in [2.75, 3.05) is 0 Å². The Kier molecular flexibility index (Phi) is 3.03. The third kappa shape index (κ3) is 1.92. The minimum absolute atomic E-state index is 0.00403. The summed E-state index contributed by atoms with van der Waals surface area (Å²) in [6.45, 7) is 6.80. The Hall–Kier alpha value is -2.82. The summed E-state index contributed by atoms with van der Waals surface area (Å²) in [5.41, 5.74) is 1.09. The summed E-state index contributed by atoms with van der Waals surface area (Å²) in [6.07, 6.45) is 0.00403. The van der Waals surface area contributed by atoms with Gasteiger partial charge < -0.3 is 0 Å². The lowest BCUT2D eigenvalue weighted by atomic mass is 9.99. The molecule has 0 aliphatic carbocycles. The van der Waals surface area contributed by atoms with Crippen molar-refractivity contribution in [2.45, 2.75) is 6.42 Å². The van der Waals surface area contributed by atoms with Crippen molar-refractivity contribution in [3.8, 4) is 18.2 Å². The van der Waals surface area contributed by atoms with Crippen molar-refractivity contribution < 1.29 is 0 Å². The van der Waals surface area contributed by atoms with Gasteiger partial charge in [-0.25, -0.2) is 4.85 Å². The second-order valence-electron chi connectivity index (χ2n) is 2.69. The van der Waals surface area contributed by atoms with Crippen LogP contribution in [0.15, 0.2) is 12.1 Å². The molecule has 0 amide bonds. The van der Waals surface area contributed by atoms with Crippen LogP contribution in [0.4, 0.5) is 5.69 Å². The van der Waals surface area contributed by atoms with E-state index in [1.165, 1.54) is 12.1 Å². The normalized spacial score (nSPS) is 8.00. The maximum absolute atomic E-state index is 8.81. The van der Waals surface area contributed by atoms with Gasteiger partial charge in [-0.05, 0) is 17.7 Å². The summed E-state index contributed by atoms with van der Waals surface area (Å²) in [5, 5.41) is 26.2. The first-order valence-electron chi connectivity index (χ1n) is 3.98. The van der Waals surface area contributed by atoms with E-state index < -0.39 is 0 Å². The Morgan fingerprint density at radius 1 is 1.13 bits per heavy atom. The quantitative estimate of drug-likeness (QED) is 0.639. The van der Waals surface area contributed by atoms with Crippen LogP contribution in [0.25, 0.3) is 4.85 Å². The molecule has 0 unspecified atom stereocenters. The Bertz CT molecular complexity index is 523. The van der Waals surface area contributed by atoms with Gasteiger partial charge in [0.05, 0.1) is 31.2 Å². The van der Waals surface area contributed by atoms with Crippen LogP contribution in [0.2, 0.25) is 0 Å². The summed E-state index contributed by atoms with van der Waals surface area (Å²) in [6, 6.07) is 8.44. The minimum atomic E-state index is 0.00403. The zero-order chi connectivity index (χ0) is 11.3. The summed E-state index contributed by atoms with van der Waals surface area (Å²) in [7, 11) is 0. The van der Waals surface area contributed by atoms with Crippen molar-refractivity contribution >= 4 is 5.69 Å². The minimum Gasteiger partial charge on any atom is -0.238 e. The Morgan fingerprint density at radius 3 is 2.00 bits per heavy atom. The van der Waals surface area contributed by atoms with Crippen LogP contribution < -0.4 is 0 Å². The lowest BCUT2D eigenvalue weighted by molar-refractivity contribution is 1.22. The predicted molar refractivity (Wildman–Crippen MR) is 51.5 cm³/mol. The van der Waals surface area contributed by atoms with Gasteiger partial charge in [-0.3, -0.25) is 0 Å². The molecule has 4 nitrogen and oxygen atoms in total. The van der Waals surface area contributed by atoms with Gasteiger partial charge in [-0.15, -0.1) is 0 Å². The molecule has 1 rings (SSSR count). The Labute approximate surface area is 87.0 Å². The van der Waals surface area contributed by atoms with E-state index in [1.807, 2.05) is 18.2 Å². The first kappa shape index (κ1) is 10.3.